The average molecular weight is 432 g/mol. The maximum atomic E-state index is 14.2. The molecule has 0 saturated heterocycles. The average Bonchev–Trinajstić information content (AvgIpc) is 3.00. The number of hydrogen-bond acceptors (Lipinski definition) is 4. The lowest BCUT2D eigenvalue weighted by molar-refractivity contribution is -0.140. The van der Waals surface area contributed by atoms with E-state index in [2.05, 4.69) is 36.3 Å². The summed E-state index contributed by atoms with van der Waals surface area (Å²) < 4.78 is 55.6. The second-order valence-electron chi connectivity index (χ2n) is 5.90. The third-order valence-corrected chi connectivity index (χ3v) is 4.15. The number of alkyl halides is 3. The Morgan fingerprint density at radius 2 is 1.96 bits per heavy atom. The molecule has 1 N–H and O–H groups in total. The van der Waals surface area contributed by atoms with Gasteiger partial charge in [0.25, 0.3) is 0 Å². The van der Waals surface area contributed by atoms with E-state index in [1.54, 1.807) is 4.68 Å². The van der Waals surface area contributed by atoms with Crippen molar-refractivity contribution in [3.05, 3.63) is 46.3 Å². The molecule has 0 radical (unpaired) electrons. The van der Waals surface area contributed by atoms with E-state index in [1.807, 2.05) is 13.8 Å². The highest BCUT2D eigenvalue weighted by Gasteiger charge is 2.34. The fourth-order valence-corrected chi connectivity index (χ4v) is 2.98. The molecule has 138 valence electrons. The first-order chi connectivity index (χ1) is 12.2. The second kappa shape index (κ2) is 6.82. The molecule has 0 unspecified atom stereocenters. The van der Waals surface area contributed by atoms with Gasteiger partial charge < -0.3 is 5.32 Å². The highest BCUT2D eigenvalue weighted by Crippen LogP contribution is 2.35. The van der Waals surface area contributed by atoms with Crippen LogP contribution in [-0.2, 0) is 12.7 Å². The molecule has 0 atom stereocenters. The molecule has 0 spiro atoms. The fourth-order valence-electron chi connectivity index (χ4n) is 2.55. The summed E-state index contributed by atoms with van der Waals surface area (Å²) in [4.78, 5) is 7.55. The van der Waals surface area contributed by atoms with Gasteiger partial charge in [-0.3, -0.25) is 0 Å². The van der Waals surface area contributed by atoms with Crippen molar-refractivity contribution in [2.24, 2.45) is 0 Å². The lowest BCUT2D eigenvalue weighted by Gasteiger charge is -2.15. The van der Waals surface area contributed by atoms with Gasteiger partial charge in [0.05, 0.1) is 6.54 Å². The molecule has 5 nitrogen and oxygen atoms in total. The molecule has 0 bridgehead atoms. The minimum Gasteiger partial charge on any atom is -0.377 e. The van der Waals surface area contributed by atoms with E-state index < -0.39 is 17.7 Å². The molecule has 0 saturated carbocycles. The molecule has 0 aliphatic heterocycles. The molecular weight excluding hydrogens is 418 g/mol. The van der Waals surface area contributed by atoms with Crippen LogP contribution >= 0.6 is 15.9 Å². The van der Waals surface area contributed by atoms with E-state index in [-0.39, 0.29) is 29.2 Å². The number of fused-ring (bicyclic) bond motifs is 1. The molecule has 0 fully saturated rings. The van der Waals surface area contributed by atoms with E-state index >= 15 is 0 Å². The predicted octanol–water partition coefficient (Wildman–Crippen LogP) is 4.94. The first-order valence-corrected chi connectivity index (χ1v) is 8.45. The molecule has 2 aromatic heterocycles. The first-order valence-electron chi connectivity index (χ1n) is 7.66. The zero-order valence-electron chi connectivity index (χ0n) is 13.8. The Morgan fingerprint density at radius 3 is 2.62 bits per heavy atom. The van der Waals surface area contributed by atoms with Gasteiger partial charge in [0.15, 0.2) is 5.82 Å². The normalized spacial score (nSPS) is 12.2. The number of benzene rings is 1. The van der Waals surface area contributed by atoms with Crippen LogP contribution in [0.2, 0.25) is 0 Å². The van der Waals surface area contributed by atoms with Crippen LogP contribution in [0.4, 0.5) is 23.2 Å². The van der Waals surface area contributed by atoms with E-state index in [4.69, 9.17) is 0 Å². The molecule has 0 amide bonds. The number of nitrogens with zero attached hydrogens (tertiary/aromatic N) is 4. The number of hydrogen-bond donors (Lipinski definition) is 1. The van der Waals surface area contributed by atoms with Crippen molar-refractivity contribution in [1.82, 2.24) is 19.7 Å². The number of halogens is 5. The topological polar surface area (TPSA) is 55.6 Å². The Bertz CT molecular complexity index is 952. The van der Waals surface area contributed by atoms with Crippen LogP contribution in [0, 0.1) is 5.82 Å². The van der Waals surface area contributed by atoms with Gasteiger partial charge in [0.2, 0.25) is 0 Å². The van der Waals surface area contributed by atoms with Crippen LogP contribution in [0.3, 0.4) is 0 Å². The quantitative estimate of drug-likeness (QED) is 0.594. The third-order valence-electron chi connectivity index (χ3n) is 3.70. The molecule has 26 heavy (non-hydrogen) atoms. The van der Waals surface area contributed by atoms with Gasteiger partial charge in [-0.1, -0.05) is 15.9 Å². The van der Waals surface area contributed by atoms with Crippen LogP contribution in [0.1, 0.15) is 31.4 Å². The largest absolute Gasteiger partial charge is 0.433 e. The van der Waals surface area contributed by atoms with Crippen molar-refractivity contribution in [3.63, 3.8) is 0 Å². The Hall–Kier alpha value is -2.23. The smallest absolute Gasteiger partial charge is 0.377 e. The molecule has 0 aliphatic rings. The van der Waals surface area contributed by atoms with Gasteiger partial charge >= 0.3 is 6.18 Å². The Labute approximate surface area is 154 Å². The van der Waals surface area contributed by atoms with Gasteiger partial charge in [0, 0.05) is 21.6 Å². The van der Waals surface area contributed by atoms with Crippen molar-refractivity contribution in [2.75, 3.05) is 5.32 Å². The molecular formula is C16H14BrF4N5. The van der Waals surface area contributed by atoms with Crippen molar-refractivity contribution in [2.45, 2.75) is 32.6 Å². The standard InChI is InChI=1S/C16H14BrF4N5/c1-8(2)26-14(23-7-24-26)6-22-12-5-13(16(19,20)21)25-15-10(12)3-9(17)4-11(15)18/h3-5,7-8H,6H2,1-2H3,(H,22,25). The molecule has 3 rings (SSSR count). The number of rotatable bonds is 4. The lowest BCUT2D eigenvalue weighted by atomic mass is 10.1. The summed E-state index contributed by atoms with van der Waals surface area (Å²) in [6, 6.07) is 3.50. The van der Waals surface area contributed by atoms with Crippen molar-refractivity contribution in [3.8, 4) is 0 Å². The van der Waals surface area contributed by atoms with Crippen LogP contribution in [0.25, 0.3) is 10.9 Å². The Balaban J connectivity index is 2.07. The van der Waals surface area contributed by atoms with E-state index in [0.717, 1.165) is 12.1 Å². The lowest BCUT2D eigenvalue weighted by Crippen LogP contribution is -2.14. The van der Waals surface area contributed by atoms with Gasteiger partial charge in [-0.05, 0) is 32.0 Å². The zero-order valence-corrected chi connectivity index (χ0v) is 15.4. The second-order valence-corrected chi connectivity index (χ2v) is 6.82. The summed E-state index contributed by atoms with van der Waals surface area (Å²) in [5.74, 6) is -0.289. The van der Waals surface area contributed by atoms with Crippen molar-refractivity contribution >= 4 is 32.5 Å². The highest BCUT2D eigenvalue weighted by molar-refractivity contribution is 9.10. The fraction of sp³-hybridized carbons (Fsp3) is 0.312. The van der Waals surface area contributed by atoms with Gasteiger partial charge in [-0.25, -0.2) is 19.0 Å². The van der Waals surface area contributed by atoms with Crippen molar-refractivity contribution in [1.29, 1.82) is 0 Å². The van der Waals surface area contributed by atoms with Gasteiger partial charge in [-0.2, -0.15) is 18.3 Å². The number of aromatic nitrogens is 4. The summed E-state index contributed by atoms with van der Waals surface area (Å²) in [5, 5.41) is 7.22. The summed E-state index contributed by atoms with van der Waals surface area (Å²) >= 11 is 3.15. The van der Waals surface area contributed by atoms with E-state index in [9.17, 15) is 17.6 Å². The molecule has 0 aliphatic carbocycles. The summed E-state index contributed by atoms with van der Waals surface area (Å²) in [7, 11) is 0. The van der Waals surface area contributed by atoms with E-state index in [0.29, 0.717) is 10.3 Å². The third kappa shape index (κ3) is 3.64. The Kier molecular flexibility index (Phi) is 4.87. The molecule has 2 heterocycles. The number of pyridine rings is 1. The minimum absolute atomic E-state index is 0.0424. The number of nitrogens with one attached hydrogen (secondary N) is 1. The SMILES string of the molecule is CC(C)n1ncnc1CNc1cc(C(F)(F)F)nc2c(F)cc(Br)cc12. The van der Waals surface area contributed by atoms with E-state index in [1.165, 1.54) is 12.4 Å². The molecule has 1 aromatic carbocycles. The van der Waals surface area contributed by atoms with Crippen LogP contribution in [0.15, 0.2) is 29.0 Å². The first kappa shape index (κ1) is 18.6. The monoisotopic (exact) mass is 431 g/mol. The minimum atomic E-state index is -4.69. The van der Waals surface area contributed by atoms with Crippen LogP contribution < -0.4 is 5.32 Å². The van der Waals surface area contributed by atoms with Crippen molar-refractivity contribution < 1.29 is 17.6 Å². The number of anilines is 1. The molecule has 10 heteroatoms. The summed E-state index contributed by atoms with van der Waals surface area (Å²) in [6.45, 7) is 3.95. The highest BCUT2D eigenvalue weighted by atomic mass is 79.9. The molecule has 3 aromatic rings. The van der Waals surface area contributed by atoms with Crippen LogP contribution in [-0.4, -0.2) is 19.7 Å². The van der Waals surface area contributed by atoms with Crippen LogP contribution in [0.5, 0.6) is 0 Å². The summed E-state index contributed by atoms with van der Waals surface area (Å²) in [5.41, 5.74) is -1.41. The Morgan fingerprint density at radius 1 is 1.23 bits per heavy atom. The maximum absolute atomic E-state index is 14.2. The predicted molar refractivity (Wildman–Crippen MR) is 92.1 cm³/mol. The maximum Gasteiger partial charge on any atom is 0.433 e. The zero-order chi connectivity index (χ0) is 19.1. The summed E-state index contributed by atoms with van der Waals surface area (Å²) in [6.07, 6.45) is -3.32. The van der Waals surface area contributed by atoms with Gasteiger partial charge in [-0.15, -0.1) is 0 Å². The van der Waals surface area contributed by atoms with Gasteiger partial charge in [0.1, 0.15) is 23.4 Å².